The SMILES string of the molecule is CC(CI)CCC[C@@H](C)[C@H]1CC[C@H]2[C@@H]3CCC4CCCC[C@]4(C)[C@H]3CC[C@]12C. The fraction of sp³-hybridized carbons (Fsp3) is 1.00. The molecule has 0 N–H and O–H groups in total. The van der Waals surface area contributed by atoms with Crippen molar-refractivity contribution < 1.29 is 0 Å². The van der Waals surface area contributed by atoms with E-state index in [9.17, 15) is 0 Å². The summed E-state index contributed by atoms with van der Waals surface area (Å²) in [6, 6.07) is 0. The molecule has 4 saturated carbocycles. The molecule has 1 heteroatoms. The number of halogens is 1. The summed E-state index contributed by atoms with van der Waals surface area (Å²) in [6.45, 7) is 10.6. The molecule has 4 fully saturated rings. The summed E-state index contributed by atoms with van der Waals surface area (Å²) in [5.74, 6) is 7.17. The summed E-state index contributed by atoms with van der Waals surface area (Å²) in [5.41, 5.74) is 1.38. The average molecular weight is 499 g/mol. The molecule has 28 heavy (non-hydrogen) atoms. The predicted molar refractivity (Wildman–Crippen MR) is 131 cm³/mol. The maximum absolute atomic E-state index is 2.75. The van der Waals surface area contributed by atoms with Crippen LogP contribution >= 0.6 is 22.6 Å². The maximum Gasteiger partial charge on any atom is 0.00210 e. The zero-order valence-corrected chi connectivity index (χ0v) is 21.5. The Morgan fingerprint density at radius 2 is 1.61 bits per heavy atom. The van der Waals surface area contributed by atoms with Crippen molar-refractivity contribution in [2.75, 3.05) is 4.43 Å². The van der Waals surface area contributed by atoms with Gasteiger partial charge in [0.05, 0.1) is 0 Å². The maximum atomic E-state index is 2.75. The number of hydrogen-bond acceptors (Lipinski definition) is 0. The van der Waals surface area contributed by atoms with Gasteiger partial charge in [0.1, 0.15) is 0 Å². The smallest absolute Gasteiger partial charge is 0.00210 e. The lowest BCUT2D eigenvalue weighted by molar-refractivity contribution is -0.114. The minimum atomic E-state index is 0.674. The van der Waals surface area contributed by atoms with E-state index in [4.69, 9.17) is 0 Å². The summed E-state index contributed by atoms with van der Waals surface area (Å²) in [6.07, 6.45) is 19.9. The van der Waals surface area contributed by atoms with Gasteiger partial charge in [-0.15, -0.1) is 0 Å². The highest BCUT2D eigenvalue weighted by atomic mass is 127. The van der Waals surface area contributed by atoms with Crippen molar-refractivity contribution in [2.24, 2.45) is 52.3 Å². The van der Waals surface area contributed by atoms with E-state index in [0.29, 0.717) is 10.8 Å². The monoisotopic (exact) mass is 498 g/mol. The Labute approximate surface area is 189 Å². The van der Waals surface area contributed by atoms with Gasteiger partial charge in [-0.1, -0.05) is 76.0 Å². The molecule has 0 heterocycles. The normalized spacial score (nSPS) is 47.7. The second kappa shape index (κ2) is 8.70. The highest BCUT2D eigenvalue weighted by Crippen LogP contribution is 2.68. The van der Waals surface area contributed by atoms with Gasteiger partial charge in [0.15, 0.2) is 0 Å². The van der Waals surface area contributed by atoms with Crippen LogP contribution in [-0.4, -0.2) is 4.43 Å². The van der Waals surface area contributed by atoms with E-state index >= 15 is 0 Å². The van der Waals surface area contributed by atoms with Gasteiger partial charge in [-0.3, -0.25) is 0 Å². The van der Waals surface area contributed by atoms with Gasteiger partial charge >= 0.3 is 0 Å². The lowest BCUT2D eigenvalue weighted by Gasteiger charge is -2.61. The van der Waals surface area contributed by atoms with Crippen molar-refractivity contribution in [3.05, 3.63) is 0 Å². The Hall–Kier alpha value is 0.730. The molecule has 0 nitrogen and oxygen atoms in total. The van der Waals surface area contributed by atoms with E-state index in [0.717, 1.165) is 41.4 Å². The third-order valence-electron chi connectivity index (χ3n) is 11.0. The Morgan fingerprint density at radius 1 is 0.821 bits per heavy atom. The minimum Gasteiger partial charge on any atom is -0.0861 e. The van der Waals surface area contributed by atoms with Crippen molar-refractivity contribution >= 4 is 22.6 Å². The first-order valence-corrected chi connectivity index (χ1v) is 14.5. The molecular formula is C27H47I. The molecule has 0 spiro atoms. The summed E-state index contributed by atoms with van der Waals surface area (Å²) >= 11 is 2.57. The Balaban J connectivity index is 1.43. The van der Waals surface area contributed by atoms with Crippen LogP contribution in [0.1, 0.15) is 111 Å². The van der Waals surface area contributed by atoms with Gasteiger partial charge in [-0.25, -0.2) is 0 Å². The lowest BCUT2D eigenvalue weighted by Crippen LogP contribution is -2.53. The van der Waals surface area contributed by atoms with E-state index in [1.165, 1.54) is 36.5 Å². The van der Waals surface area contributed by atoms with E-state index in [2.05, 4.69) is 50.3 Å². The van der Waals surface area contributed by atoms with Crippen LogP contribution in [0.2, 0.25) is 0 Å². The molecule has 0 aliphatic heterocycles. The highest BCUT2D eigenvalue weighted by Gasteiger charge is 2.59. The van der Waals surface area contributed by atoms with Gasteiger partial charge in [0.25, 0.3) is 0 Å². The minimum absolute atomic E-state index is 0.674. The summed E-state index contributed by atoms with van der Waals surface area (Å²) in [7, 11) is 0. The van der Waals surface area contributed by atoms with Gasteiger partial charge in [-0.05, 0) is 110 Å². The predicted octanol–water partition coefficient (Wildman–Crippen LogP) is 8.91. The molecule has 4 rings (SSSR count). The Bertz CT molecular complexity index is 528. The average Bonchev–Trinajstić information content (AvgIpc) is 3.04. The van der Waals surface area contributed by atoms with Crippen molar-refractivity contribution in [1.29, 1.82) is 0 Å². The summed E-state index contributed by atoms with van der Waals surface area (Å²) < 4.78 is 1.33. The molecule has 162 valence electrons. The molecule has 0 bridgehead atoms. The molecule has 4 aliphatic carbocycles. The molecule has 0 aromatic rings. The topological polar surface area (TPSA) is 0 Å². The van der Waals surface area contributed by atoms with Crippen LogP contribution in [0.3, 0.4) is 0 Å². The third-order valence-corrected chi connectivity index (χ3v) is 12.5. The summed E-state index contributed by atoms with van der Waals surface area (Å²) in [4.78, 5) is 0. The van der Waals surface area contributed by atoms with E-state index in [1.54, 1.807) is 51.4 Å². The second-order valence-electron chi connectivity index (χ2n) is 12.3. The van der Waals surface area contributed by atoms with Crippen molar-refractivity contribution in [2.45, 2.75) is 111 Å². The van der Waals surface area contributed by atoms with Crippen LogP contribution in [0, 0.1) is 52.3 Å². The van der Waals surface area contributed by atoms with Gasteiger partial charge in [0.2, 0.25) is 0 Å². The Morgan fingerprint density at radius 3 is 2.39 bits per heavy atom. The van der Waals surface area contributed by atoms with Crippen LogP contribution < -0.4 is 0 Å². The molecule has 0 aromatic carbocycles. The molecule has 4 aliphatic rings. The molecule has 0 radical (unpaired) electrons. The second-order valence-corrected chi connectivity index (χ2v) is 13.2. The molecule has 0 amide bonds. The quantitative estimate of drug-likeness (QED) is 0.253. The van der Waals surface area contributed by atoms with Crippen LogP contribution in [0.5, 0.6) is 0 Å². The van der Waals surface area contributed by atoms with Crippen LogP contribution in [0.15, 0.2) is 0 Å². The van der Waals surface area contributed by atoms with Crippen molar-refractivity contribution in [3.8, 4) is 0 Å². The number of fused-ring (bicyclic) bond motifs is 5. The lowest BCUT2D eigenvalue weighted by atomic mass is 9.44. The van der Waals surface area contributed by atoms with Crippen LogP contribution in [0.25, 0.3) is 0 Å². The van der Waals surface area contributed by atoms with E-state index in [-0.39, 0.29) is 0 Å². The van der Waals surface area contributed by atoms with Gasteiger partial charge in [0, 0.05) is 4.43 Å². The zero-order chi connectivity index (χ0) is 19.9. The first-order chi connectivity index (χ1) is 13.4. The number of hydrogen-bond donors (Lipinski definition) is 0. The number of rotatable bonds is 6. The van der Waals surface area contributed by atoms with Crippen LogP contribution in [-0.2, 0) is 0 Å². The molecule has 2 unspecified atom stereocenters. The summed E-state index contributed by atoms with van der Waals surface area (Å²) in [5, 5.41) is 0. The molecule has 0 aromatic heterocycles. The van der Waals surface area contributed by atoms with Gasteiger partial charge < -0.3 is 0 Å². The first-order valence-electron chi connectivity index (χ1n) is 13.0. The molecular weight excluding hydrogens is 451 g/mol. The van der Waals surface area contributed by atoms with E-state index in [1.807, 2.05) is 0 Å². The highest BCUT2D eigenvalue weighted by molar-refractivity contribution is 14.1. The van der Waals surface area contributed by atoms with Crippen LogP contribution in [0.4, 0.5) is 0 Å². The molecule has 0 saturated heterocycles. The van der Waals surface area contributed by atoms with Gasteiger partial charge in [-0.2, -0.15) is 0 Å². The zero-order valence-electron chi connectivity index (χ0n) is 19.3. The largest absolute Gasteiger partial charge is 0.0861 e. The van der Waals surface area contributed by atoms with Crippen molar-refractivity contribution in [3.63, 3.8) is 0 Å². The fourth-order valence-electron chi connectivity index (χ4n) is 9.34. The third kappa shape index (κ3) is 3.75. The van der Waals surface area contributed by atoms with Crippen molar-refractivity contribution in [1.82, 2.24) is 0 Å². The molecule has 9 atom stereocenters. The van der Waals surface area contributed by atoms with E-state index < -0.39 is 0 Å². The Kier molecular flexibility index (Phi) is 6.82. The number of alkyl halides is 1. The first kappa shape index (κ1) is 21.9. The fourth-order valence-corrected chi connectivity index (χ4v) is 9.78. The standard InChI is InChI=1S/C27H47I/c1-19(18-28)8-7-9-20(2)23-13-14-24-22-12-11-21-10-5-6-16-26(21,3)25(22)15-17-27(23,24)4/h19-25H,5-18H2,1-4H3/t19?,20-,21?,22+,23-,24+,25+,26+,27-/m1/s1.